The molecule has 0 aliphatic heterocycles. The Kier molecular flexibility index (Phi) is 2.96. The predicted octanol–water partition coefficient (Wildman–Crippen LogP) is 5.00. The van der Waals surface area contributed by atoms with E-state index in [9.17, 15) is 4.39 Å². The number of hydrogen-bond acceptors (Lipinski definition) is 1. The molecular formula is C16H11ClFN. The van der Waals surface area contributed by atoms with Crippen LogP contribution in [0.2, 0.25) is 5.02 Å². The average Bonchev–Trinajstić information content (AvgIpc) is 2.39. The van der Waals surface area contributed by atoms with Crippen LogP contribution in [0.3, 0.4) is 0 Å². The number of halogens is 2. The number of aryl methyl sites for hydroxylation is 1. The average molecular weight is 272 g/mol. The Morgan fingerprint density at radius 1 is 1.05 bits per heavy atom. The van der Waals surface area contributed by atoms with E-state index >= 15 is 0 Å². The fourth-order valence-electron chi connectivity index (χ4n) is 2.19. The smallest absolute Gasteiger partial charge is 0.132 e. The van der Waals surface area contributed by atoms with Gasteiger partial charge in [0.1, 0.15) is 5.82 Å². The molecule has 3 rings (SSSR count). The zero-order valence-corrected chi connectivity index (χ0v) is 11.1. The van der Waals surface area contributed by atoms with Gasteiger partial charge in [-0.15, -0.1) is 0 Å². The minimum Gasteiger partial charge on any atom is -0.246 e. The summed E-state index contributed by atoms with van der Waals surface area (Å²) in [7, 11) is 0. The van der Waals surface area contributed by atoms with Crippen molar-refractivity contribution in [2.24, 2.45) is 0 Å². The maximum absolute atomic E-state index is 13.9. The molecular weight excluding hydrogens is 261 g/mol. The van der Waals surface area contributed by atoms with Crippen LogP contribution in [-0.4, -0.2) is 4.98 Å². The molecule has 0 N–H and O–H groups in total. The lowest BCUT2D eigenvalue weighted by Gasteiger charge is -2.09. The van der Waals surface area contributed by atoms with Crippen molar-refractivity contribution < 1.29 is 4.39 Å². The molecule has 0 saturated carbocycles. The number of rotatable bonds is 1. The quantitative estimate of drug-likeness (QED) is 0.607. The van der Waals surface area contributed by atoms with E-state index in [1.807, 2.05) is 25.1 Å². The minimum absolute atomic E-state index is 0.274. The summed E-state index contributed by atoms with van der Waals surface area (Å²) in [6.45, 7) is 1.93. The van der Waals surface area contributed by atoms with Gasteiger partial charge in [0.2, 0.25) is 0 Å². The molecule has 0 radical (unpaired) electrons. The van der Waals surface area contributed by atoms with Gasteiger partial charge in [0, 0.05) is 10.9 Å². The van der Waals surface area contributed by atoms with Gasteiger partial charge in [-0.05, 0) is 36.8 Å². The number of fused-ring (bicyclic) bond motifs is 1. The maximum atomic E-state index is 13.9. The van der Waals surface area contributed by atoms with Crippen molar-refractivity contribution in [2.75, 3.05) is 0 Å². The van der Waals surface area contributed by atoms with Gasteiger partial charge in [0.15, 0.2) is 0 Å². The molecule has 1 aromatic heterocycles. The summed E-state index contributed by atoms with van der Waals surface area (Å²) in [5.41, 5.74) is 2.77. The largest absolute Gasteiger partial charge is 0.246 e. The van der Waals surface area contributed by atoms with Gasteiger partial charge < -0.3 is 0 Å². The van der Waals surface area contributed by atoms with E-state index in [1.165, 1.54) is 6.07 Å². The number of para-hydroxylation sites is 1. The molecule has 0 fully saturated rings. The molecule has 0 spiro atoms. The van der Waals surface area contributed by atoms with Crippen molar-refractivity contribution in [3.63, 3.8) is 0 Å². The van der Waals surface area contributed by atoms with Crippen LogP contribution in [0.15, 0.2) is 48.5 Å². The second kappa shape index (κ2) is 4.63. The molecule has 0 bridgehead atoms. The molecule has 19 heavy (non-hydrogen) atoms. The van der Waals surface area contributed by atoms with Gasteiger partial charge in [-0.1, -0.05) is 35.9 Å². The summed E-state index contributed by atoms with van der Waals surface area (Å²) in [5.74, 6) is -0.274. The molecule has 0 amide bonds. The minimum atomic E-state index is -0.274. The van der Waals surface area contributed by atoms with Crippen LogP contribution in [0.25, 0.3) is 22.2 Å². The first-order valence-corrected chi connectivity index (χ1v) is 6.35. The van der Waals surface area contributed by atoms with Gasteiger partial charge in [-0.3, -0.25) is 0 Å². The van der Waals surface area contributed by atoms with Gasteiger partial charge in [0.25, 0.3) is 0 Å². The highest BCUT2D eigenvalue weighted by molar-refractivity contribution is 6.35. The van der Waals surface area contributed by atoms with Crippen molar-refractivity contribution in [3.05, 3.63) is 64.9 Å². The maximum Gasteiger partial charge on any atom is 0.132 e. The van der Waals surface area contributed by atoms with Crippen molar-refractivity contribution in [3.8, 4) is 11.3 Å². The third-order valence-electron chi connectivity index (χ3n) is 3.12. The van der Waals surface area contributed by atoms with Crippen LogP contribution in [0.4, 0.5) is 4.39 Å². The Morgan fingerprint density at radius 2 is 1.84 bits per heavy atom. The van der Waals surface area contributed by atoms with Crippen molar-refractivity contribution >= 4 is 22.5 Å². The second-order valence-corrected chi connectivity index (χ2v) is 4.85. The Bertz CT molecular complexity index is 768. The molecule has 0 unspecified atom stereocenters. The van der Waals surface area contributed by atoms with Crippen LogP contribution < -0.4 is 0 Å². The van der Waals surface area contributed by atoms with Crippen LogP contribution >= 0.6 is 11.6 Å². The molecule has 0 aliphatic rings. The third kappa shape index (κ3) is 2.08. The highest BCUT2D eigenvalue weighted by Gasteiger charge is 2.11. The highest BCUT2D eigenvalue weighted by atomic mass is 35.5. The predicted molar refractivity (Wildman–Crippen MR) is 76.9 cm³/mol. The highest BCUT2D eigenvalue weighted by Crippen LogP contribution is 2.29. The lowest BCUT2D eigenvalue weighted by Crippen LogP contribution is -1.93. The number of pyridine rings is 1. The molecule has 0 atom stereocenters. The Labute approximate surface area is 115 Å². The second-order valence-electron chi connectivity index (χ2n) is 4.45. The van der Waals surface area contributed by atoms with Gasteiger partial charge in [-0.2, -0.15) is 0 Å². The zero-order valence-electron chi connectivity index (χ0n) is 10.3. The molecule has 3 aromatic rings. The lowest BCUT2D eigenvalue weighted by molar-refractivity contribution is 0.630. The van der Waals surface area contributed by atoms with E-state index in [2.05, 4.69) is 4.98 Å². The summed E-state index contributed by atoms with van der Waals surface area (Å²) in [5, 5.41) is 1.54. The number of nitrogens with zero attached hydrogens (tertiary/aromatic N) is 1. The summed E-state index contributed by atoms with van der Waals surface area (Å²) in [6.07, 6.45) is 0. The standard InChI is InChI=1S/C16H11ClFN/c1-10-9-11-5-4-7-13(17)16(11)19-15(10)12-6-2-3-8-14(12)18/h2-9H,1H3. The summed E-state index contributed by atoms with van der Waals surface area (Å²) in [6, 6.07) is 14.2. The van der Waals surface area contributed by atoms with Crippen LogP contribution in [0, 0.1) is 12.7 Å². The summed E-state index contributed by atoms with van der Waals surface area (Å²) >= 11 is 6.15. The van der Waals surface area contributed by atoms with Crippen molar-refractivity contribution in [2.45, 2.75) is 6.92 Å². The van der Waals surface area contributed by atoms with Crippen LogP contribution in [-0.2, 0) is 0 Å². The van der Waals surface area contributed by atoms with E-state index in [4.69, 9.17) is 11.6 Å². The van der Waals surface area contributed by atoms with Crippen LogP contribution in [0.1, 0.15) is 5.56 Å². The topological polar surface area (TPSA) is 12.9 Å². The van der Waals surface area contributed by atoms with Gasteiger partial charge >= 0.3 is 0 Å². The molecule has 3 heteroatoms. The number of benzene rings is 2. The van der Waals surface area contributed by atoms with Crippen molar-refractivity contribution in [1.29, 1.82) is 0 Å². The first-order valence-electron chi connectivity index (χ1n) is 5.97. The van der Waals surface area contributed by atoms with E-state index in [-0.39, 0.29) is 5.82 Å². The third-order valence-corrected chi connectivity index (χ3v) is 3.42. The summed E-state index contributed by atoms with van der Waals surface area (Å²) < 4.78 is 13.9. The number of hydrogen-bond donors (Lipinski definition) is 0. The molecule has 1 nitrogen and oxygen atoms in total. The SMILES string of the molecule is Cc1cc2cccc(Cl)c2nc1-c1ccccc1F. The van der Waals surface area contributed by atoms with Gasteiger partial charge in [-0.25, -0.2) is 9.37 Å². The molecule has 0 aliphatic carbocycles. The Balaban J connectivity index is 2.33. The first kappa shape index (κ1) is 12.1. The van der Waals surface area contributed by atoms with Crippen molar-refractivity contribution in [1.82, 2.24) is 4.98 Å². The monoisotopic (exact) mass is 271 g/mol. The number of aromatic nitrogens is 1. The zero-order chi connectivity index (χ0) is 13.4. The molecule has 0 saturated heterocycles. The van der Waals surface area contributed by atoms with E-state index in [1.54, 1.807) is 24.3 Å². The first-order chi connectivity index (χ1) is 9.16. The normalized spacial score (nSPS) is 10.9. The molecule has 94 valence electrons. The van der Waals surface area contributed by atoms with E-state index < -0.39 is 0 Å². The van der Waals surface area contributed by atoms with E-state index in [0.29, 0.717) is 21.8 Å². The lowest BCUT2D eigenvalue weighted by atomic mass is 10.0. The fraction of sp³-hybridized carbons (Fsp3) is 0.0625. The van der Waals surface area contributed by atoms with Gasteiger partial charge in [0.05, 0.1) is 16.2 Å². The van der Waals surface area contributed by atoms with Crippen LogP contribution in [0.5, 0.6) is 0 Å². The fourth-order valence-corrected chi connectivity index (χ4v) is 2.42. The Hall–Kier alpha value is -1.93. The summed E-state index contributed by atoms with van der Waals surface area (Å²) in [4.78, 5) is 4.53. The molecule has 1 heterocycles. The van der Waals surface area contributed by atoms with E-state index in [0.717, 1.165) is 10.9 Å². The molecule has 2 aromatic carbocycles. The Morgan fingerprint density at radius 3 is 2.63 bits per heavy atom.